The van der Waals surface area contributed by atoms with Gasteiger partial charge in [0.1, 0.15) is 5.60 Å². The second-order valence-electron chi connectivity index (χ2n) is 5.64. The number of nitrogens with zero attached hydrogens (tertiary/aromatic N) is 2. The number of amides is 1. The van der Waals surface area contributed by atoms with Crippen LogP contribution in [-0.2, 0) is 11.3 Å². The number of aliphatic hydroxyl groups excluding tert-OH is 2. The van der Waals surface area contributed by atoms with Gasteiger partial charge in [0.15, 0.2) is 0 Å². The fraction of sp³-hybridized carbons (Fsp3) is 0.571. The van der Waals surface area contributed by atoms with E-state index in [0.29, 0.717) is 17.9 Å². The van der Waals surface area contributed by atoms with Gasteiger partial charge >= 0.3 is 6.09 Å². The zero-order valence-corrected chi connectivity index (χ0v) is 12.6. The third kappa shape index (κ3) is 5.66. The Hall–Kier alpha value is -1.70. The van der Waals surface area contributed by atoms with E-state index in [4.69, 9.17) is 15.6 Å². The van der Waals surface area contributed by atoms with Gasteiger partial charge in [-0.15, -0.1) is 0 Å². The molecule has 0 aromatic carbocycles. The highest BCUT2D eigenvalue weighted by atomic mass is 16.6. The van der Waals surface area contributed by atoms with Crippen molar-refractivity contribution in [2.24, 2.45) is 5.73 Å². The van der Waals surface area contributed by atoms with Crippen LogP contribution in [0.15, 0.2) is 18.3 Å². The molecule has 0 bridgehead atoms. The van der Waals surface area contributed by atoms with Gasteiger partial charge in [-0.25, -0.2) is 4.79 Å². The topological polar surface area (TPSA) is 109 Å². The van der Waals surface area contributed by atoms with Crippen molar-refractivity contribution >= 4 is 11.8 Å². The Balaban J connectivity index is 2.97. The number of ether oxygens (including phenoxy) is 1. The first-order valence-corrected chi connectivity index (χ1v) is 6.71. The molecule has 0 radical (unpaired) electrons. The summed E-state index contributed by atoms with van der Waals surface area (Å²) in [6.45, 7) is 5.01. The van der Waals surface area contributed by atoms with E-state index >= 15 is 0 Å². The molecule has 1 unspecified atom stereocenters. The standard InChI is InChI=1S/C14H23N3O4/c1-14(2,3)21-13(20)17(8-12(19)9-18)11-5-4-10(6-15)16-7-11/h4-5,7,12,18-19H,6,8-9,15H2,1-3H3. The summed E-state index contributed by atoms with van der Waals surface area (Å²) in [6.07, 6.45) is -0.195. The summed E-state index contributed by atoms with van der Waals surface area (Å²) in [6, 6.07) is 3.36. The van der Waals surface area contributed by atoms with Crippen molar-refractivity contribution in [3.05, 3.63) is 24.0 Å². The third-order valence-electron chi connectivity index (χ3n) is 2.55. The molecule has 0 spiro atoms. The Morgan fingerprint density at radius 2 is 2.14 bits per heavy atom. The predicted octanol–water partition coefficient (Wildman–Crippen LogP) is 0.635. The van der Waals surface area contributed by atoms with E-state index in [1.807, 2.05) is 0 Å². The average Bonchev–Trinajstić information content (AvgIpc) is 2.42. The molecule has 1 rings (SSSR count). The van der Waals surface area contributed by atoms with Crippen LogP contribution in [0.1, 0.15) is 26.5 Å². The molecule has 21 heavy (non-hydrogen) atoms. The van der Waals surface area contributed by atoms with Crippen LogP contribution in [-0.4, -0.2) is 46.1 Å². The first-order valence-electron chi connectivity index (χ1n) is 6.71. The van der Waals surface area contributed by atoms with Crippen LogP contribution in [0.5, 0.6) is 0 Å². The minimum atomic E-state index is -1.06. The monoisotopic (exact) mass is 297 g/mol. The molecule has 1 heterocycles. The summed E-state index contributed by atoms with van der Waals surface area (Å²) >= 11 is 0. The van der Waals surface area contributed by atoms with Gasteiger partial charge < -0.3 is 20.7 Å². The number of carbonyl (C=O) groups excluding carboxylic acids is 1. The van der Waals surface area contributed by atoms with E-state index in [1.165, 1.54) is 11.1 Å². The molecule has 0 fully saturated rings. The highest BCUT2D eigenvalue weighted by molar-refractivity contribution is 5.87. The molecule has 1 aromatic heterocycles. The van der Waals surface area contributed by atoms with E-state index in [9.17, 15) is 9.90 Å². The predicted molar refractivity (Wildman–Crippen MR) is 78.8 cm³/mol. The Labute approximate surface area is 124 Å². The Morgan fingerprint density at radius 1 is 1.48 bits per heavy atom. The van der Waals surface area contributed by atoms with Crippen molar-refractivity contribution in [2.75, 3.05) is 18.1 Å². The zero-order chi connectivity index (χ0) is 16.0. The fourth-order valence-corrected chi connectivity index (χ4v) is 1.57. The Kier molecular flexibility index (Phi) is 6.07. The van der Waals surface area contributed by atoms with Gasteiger partial charge in [-0.3, -0.25) is 9.88 Å². The van der Waals surface area contributed by atoms with Crippen molar-refractivity contribution in [2.45, 2.75) is 39.0 Å². The summed E-state index contributed by atoms with van der Waals surface area (Å²) in [5.74, 6) is 0. The van der Waals surface area contributed by atoms with E-state index < -0.39 is 24.4 Å². The minimum Gasteiger partial charge on any atom is -0.443 e. The van der Waals surface area contributed by atoms with E-state index in [-0.39, 0.29) is 6.54 Å². The van der Waals surface area contributed by atoms with Crippen molar-refractivity contribution in [3.63, 3.8) is 0 Å². The molecule has 7 nitrogen and oxygen atoms in total. The molecule has 0 aliphatic rings. The first-order chi connectivity index (χ1) is 9.76. The summed E-state index contributed by atoms with van der Waals surface area (Å²) < 4.78 is 5.30. The smallest absolute Gasteiger partial charge is 0.414 e. The summed E-state index contributed by atoms with van der Waals surface area (Å²) in [5.41, 5.74) is 5.97. The maximum absolute atomic E-state index is 12.2. The molecule has 1 aromatic rings. The number of rotatable bonds is 5. The molecule has 7 heteroatoms. The molecule has 1 atom stereocenters. The normalized spacial score (nSPS) is 12.9. The molecule has 1 amide bonds. The number of nitrogens with two attached hydrogens (primary N) is 1. The van der Waals surface area contributed by atoms with Crippen LogP contribution in [0.25, 0.3) is 0 Å². The van der Waals surface area contributed by atoms with Crippen molar-refractivity contribution < 1.29 is 19.7 Å². The number of hydrogen-bond donors (Lipinski definition) is 3. The van der Waals surface area contributed by atoms with Gasteiger partial charge in [0.05, 0.1) is 36.8 Å². The van der Waals surface area contributed by atoms with Crippen LogP contribution in [0.4, 0.5) is 10.5 Å². The number of pyridine rings is 1. The lowest BCUT2D eigenvalue weighted by molar-refractivity contribution is 0.0525. The molecule has 0 saturated heterocycles. The Bertz CT molecular complexity index is 456. The van der Waals surface area contributed by atoms with Gasteiger partial charge in [0.25, 0.3) is 0 Å². The maximum atomic E-state index is 12.2. The minimum absolute atomic E-state index is 0.0882. The Morgan fingerprint density at radius 3 is 2.57 bits per heavy atom. The number of aliphatic hydroxyl groups is 2. The highest BCUT2D eigenvalue weighted by Gasteiger charge is 2.25. The largest absolute Gasteiger partial charge is 0.443 e. The van der Waals surface area contributed by atoms with Crippen LogP contribution in [0, 0.1) is 0 Å². The molecule has 4 N–H and O–H groups in total. The van der Waals surface area contributed by atoms with Crippen LogP contribution in [0.2, 0.25) is 0 Å². The molecular formula is C14H23N3O4. The van der Waals surface area contributed by atoms with Gasteiger partial charge in [-0.05, 0) is 32.9 Å². The number of aromatic nitrogens is 1. The number of hydrogen-bond acceptors (Lipinski definition) is 6. The zero-order valence-electron chi connectivity index (χ0n) is 12.6. The second-order valence-corrected chi connectivity index (χ2v) is 5.64. The molecule has 0 aliphatic heterocycles. The highest BCUT2D eigenvalue weighted by Crippen LogP contribution is 2.18. The SMILES string of the molecule is CC(C)(C)OC(=O)N(CC(O)CO)c1ccc(CN)nc1. The van der Waals surface area contributed by atoms with Gasteiger partial charge in [0.2, 0.25) is 0 Å². The molecule has 118 valence electrons. The lowest BCUT2D eigenvalue weighted by Crippen LogP contribution is -2.42. The van der Waals surface area contributed by atoms with Gasteiger partial charge in [-0.2, -0.15) is 0 Å². The maximum Gasteiger partial charge on any atom is 0.414 e. The third-order valence-corrected chi connectivity index (χ3v) is 2.55. The fourth-order valence-electron chi connectivity index (χ4n) is 1.57. The van der Waals surface area contributed by atoms with Crippen LogP contribution >= 0.6 is 0 Å². The van der Waals surface area contributed by atoms with E-state index in [0.717, 1.165) is 0 Å². The summed E-state index contributed by atoms with van der Waals surface area (Å²) in [7, 11) is 0. The van der Waals surface area contributed by atoms with Gasteiger partial charge in [0, 0.05) is 6.54 Å². The second kappa shape index (κ2) is 7.35. The first kappa shape index (κ1) is 17.4. The number of carbonyl (C=O) groups is 1. The molecule has 0 saturated carbocycles. The summed E-state index contributed by atoms with van der Waals surface area (Å²) in [5, 5.41) is 18.6. The molecular weight excluding hydrogens is 274 g/mol. The lowest BCUT2D eigenvalue weighted by atomic mass is 10.2. The van der Waals surface area contributed by atoms with Crippen LogP contribution < -0.4 is 10.6 Å². The lowest BCUT2D eigenvalue weighted by Gasteiger charge is -2.28. The molecule has 0 aliphatic carbocycles. The van der Waals surface area contributed by atoms with Crippen molar-refractivity contribution in [1.82, 2.24) is 4.98 Å². The van der Waals surface area contributed by atoms with E-state index in [2.05, 4.69) is 4.98 Å². The quantitative estimate of drug-likeness (QED) is 0.735. The van der Waals surface area contributed by atoms with E-state index in [1.54, 1.807) is 32.9 Å². The van der Waals surface area contributed by atoms with Crippen LogP contribution in [0.3, 0.4) is 0 Å². The summed E-state index contributed by atoms with van der Waals surface area (Å²) in [4.78, 5) is 17.6. The van der Waals surface area contributed by atoms with Crippen molar-refractivity contribution in [3.8, 4) is 0 Å². The average molecular weight is 297 g/mol. The van der Waals surface area contributed by atoms with Crippen molar-refractivity contribution in [1.29, 1.82) is 0 Å². The van der Waals surface area contributed by atoms with Gasteiger partial charge in [-0.1, -0.05) is 0 Å². The number of anilines is 1.